The minimum Gasteiger partial charge on any atom is -0.480 e. The molecule has 0 saturated carbocycles. The van der Waals surface area contributed by atoms with Crippen LogP contribution in [0.1, 0.15) is 11.6 Å². The van der Waals surface area contributed by atoms with Crippen molar-refractivity contribution in [3.63, 3.8) is 0 Å². The second-order valence-electron chi connectivity index (χ2n) is 4.78. The molecule has 0 radical (unpaired) electrons. The van der Waals surface area contributed by atoms with Gasteiger partial charge in [0, 0.05) is 36.2 Å². The topological polar surface area (TPSA) is 43.8 Å². The highest BCUT2D eigenvalue weighted by Gasteiger charge is 2.29. The number of halogens is 2. The number of benzene rings is 1. The Bertz CT molecular complexity index is 453. The molecule has 1 N–H and O–H groups in total. The predicted octanol–water partition coefficient (Wildman–Crippen LogP) is 2.37. The molecule has 104 valence electrons. The maximum Gasteiger partial charge on any atom is 0.325 e. The van der Waals surface area contributed by atoms with Gasteiger partial charge in [-0.15, -0.1) is 0 Å². The summed E-state index contributed by atoms with van der Waals surface area (Å²) in [5, 5.41) is 10.4. The molecule has 0 bridgehead atoms. The highest BCUT2D eigenvalue weighted by molar-refractivity contribution is 6.34. The molecule has 2 rings (SSSR count). The summed E-state index contributed by atoms with van der Waals surface area (Å²) in [7, 11) is 2.03. The van der Waals surface area contributed by atoms with Crippen LogP contribution in [-0.4, -0.2) is 54.1 Å². The van der Waals surface area contributed by atoms with Crippen LogP contribution in [0.4, 0.5) is 0 Å². The van der Waals surface area contributed by atoms with E-state index in [0.29, 0.717) is 15.6 Å². The molecule has 1 unspecified atom stereocenters. The van der Waals surface area contributed by atoms with Crippen molar-refractivity contribution in [1.82, 2.24) is 9.80 Å². The standard InChI is InChI=1S/C13H16Cl2N2O2/c1-16-2-4-17(5-3-16)12(13(18)19)9-6-10(14)8-11(15)7-9/h6-8,12H,2-5H2,1H3,(H,18,19). The SMILES string of the molecule is CN1CCN(C(C(=O)O)c2cc(Cl)cc(Cl)c2)CC1. The van der Waals surface area contributed by atoms with Gasteiger partial charge in [-0.05, 0) is 30.8 Å². The quantitative estimate of drug-likeness (QED) is 0.931. The van der Waals surface area contributed by atoms with Gasteiger partial charge in [0.05, 0.1) is 0 Å². The zero-order valence-electron chi connectivity index (χ0n) is 10.6. The third-order valence-corrected chi connectivity index (χ3v) is 3.77. The third kappa shape index (κ3) is 3.60. The molecule has 0 spiro atoms. The summed E-state index contributed by atoms with van der Waals surface area (Å²) in [5.41, 5.74) is 0.634. The Balaban J connectivity index is 2.27. The summed E-state index contributed by atoms with van der Waals surface area (Å²) in [6.07, 6.45) is 0. The average Bonchev–Trinajstić information content (AvgIpc) is 2.30. The number of carboxylic acid groups (broad SMARTS) is 1. The van der Waals surface area contributed by atoms with E-state index >= 15 is 0 Å². The third-order valence-electron chi connectivity index (χ3n) is 3.34. The summed E-state index contributed by atoms with van der Waals surface area (Å²) >= 11 is 11.9. The number of carboxylic acids is 1. The zero-order chi connectivity index (χ0) is 14.0. The van der Waals surface area contributed by atoms with Crippen LogP contribution in [0.15, 0.2) is 18.2 Å². The maximum absolute atomic E-state index is 11.6. The van der Waals surface area contributed by atoms with Crippen LogP contribution < -0.4 is 0 Å². The molecular weight excluding hydrogens is 287 g/mol. The summed E-state index contributed by atoms with van der Waals surface area (Å²) in [4.78, 5) is 15.7. The van der Waals surface area contributed by atoms with Gasteiger partial charge >= 0.3 is 5.97 Å². The van der Waals surface area contributed by atoms with Crippen LogP contribution in [0.2, 0.25) is 10.0 Å². The first-order chi connectivity index (χ1) is 8.97. The van der Waals surface area contributed by atoms with Crippen LogP contribution >= 0.6 is 23.2 Å². The number of likely N-dealkylation sites (N-methyl/N-ethyl adjacent to an activating group) is 1. The Morgan fingerprint density at radius 3 is 2.16 bits per heavy atom. The van der Waals surface area contributed by atoms with Crippen molar-refractivity contribution in [1.29, 1.82) is 0 Å². The molecule has 1 atom stereocenters. The lowest BCUT2D eigenvalue weighted by molar-refractivity contribution is -0.144. The molecule has 0 amide bonds. The second-order valence-corrected chi connectivity index (χ2v) is 5.66. The van der Waals surface area contributed by atoms with E-state index in [1.807, 2.05) is 11.9 Å². The van der Waals surface area contributed by atoms with Gasteiger partial charge in [-0.1, -0.05) is 23.2 Å². The molecule has 1 aromatic rings. The van der Waals surface area contributed by atoms with Crippen molar-refractivity contribution < 1.29 is 9.90 Å². The van der Waals surface area contributed by atoms with Crippen LogP contribution in [0.25, 0.3) is 0 Å². The fourth-order valence-corrected chi connectivity index (χ4v) is 2.87. The second kappa shape index (κ2) is 6.09. The van der Waals surface area contributed by atoms with Crippen LogP contribution in [0.3, 0.4) is 0 Å². The van der Waals surface area contributed by atoms with Gasteiger partial charge in [0.15, 0.2) is 0 Å². The van der Waals surface area contributed by atoms with Gasteiger partial charge in [-0.25, -0.2) is 0 Å². The smallest absolute Gasteiger partial charge is 0.325 e. The van der Waals surface area contributed by atoms with E-state index < -0.39 is 12.0 Å². The maximum atomic E-state index is 11.6. The van der Waals surface area contributed by atoms with Crippen molar-refractivity contribution in [2.45, 2.75) is 6.04 Å². The molecular formula is C13H16Cl2N2O2. The fourth-order valence-electron chi connectivity index (χ4n) is 2.32. The number of nitrogens with zero attached hydrogens (tertiary/aromatic N) is 2. The Morgan fingerprint density at radius 2 is 1.68 bits per heavy atom. The molecule has 19 heavy (non-hydrogen) atoms. The first-order valence-corrected chi connectivity index (χ1v) is 6.84. The Morgan fingerprint density at radius 1 is 1.16 bits per heavy atom. The minimum absolute atomic E-state index is 0.461. The van der Waals surface area contributed by atoms with Crippen molar-refractivity contribution in [3.8, 4) is 0 Å². The monoisotopic (exact) mass is 302 g/mol. The van der Waals surface area contributed by atoms with Gasteiger partial charge in [0.25, 0.3) is 0 Å². The fraction of sp³-hybridized carbons (Fsp3) is 0.462. The Kier molecular flexibility index (Phi) is 4.68. The number of piperazine rings is 1. The molecule has 4 nitrogen and oxygen atoms in total. The van der Waals surface area contributed by atoms with Crippen LogP contribution in [0, 0.1) is 0 Å². The first-order valence-electron chi connectivity index (χ1n) is 6.09. The van der Waals surface area contributed by atoms with E-state index in [-0.39, 0.29) is 0 Å². The molecule has 1 heterocycles. The van der Waals surface area contributed by atoms with Crippen molar-refractivity contribution in [2.75, 3.05) is 33.2 Å². The number of carbonyl (C=O) groups is 1. The molecule has 6 heteroatoms. The highest BCUT2D eigenvalue weighted by Crippen LogP contribution is 2.28. The van der Waals surface area contributed by atoms with Gasteiger partial charge in [-0.2, -0.15) is 0 Å². The number of hydrogen-bond donors (Lipinski definition) is 1. The normalized spacial score (nSPS) is 19.3. The van der Waals surface area contributed by atoms with Crippen LogP contribution in [0.5, 0.6) is 0 Å². The van der Waals surface area contributed by atoms with Gasteiger partial charge in [0.1, 0.15) is 6.04 Å². The molecule has 1 saturated heterocycles. The van der Waals surface area contributed by atoms with E-state index in [9.17, 15) is 9.90 Å². The lowest BCUT2D eigenvalue weighted by Crippen LogP contribution is -2.47. The largest absolute Gasteiger partial charge is 0.480 e. The lowest BCUT2D eigenvalue weighted by atomic mass is 10.0. The van der Waals surface area contributed by atoms with E-state index in [0.717, 1.165) is 26.2 Å². The van der Waals surface area contributed by atoms with E-state index in [1.165, 1.54) is 0 Å². The van der Waals surface area contributed by atoms with Gasteiger partial charge in [0.2, 0.25) is 0 Å². The lowest BCUT2D eigenvalue weighted by Gasteiger charge is -2.36. The molecule has 0 aliphatic carbocycles. The number of rotatable bonds is 3. The molecule has 1 aromatic carbocycles. The molecule has 1 aliphatic rings. The van der Waals surface area contributed by atoms with Crippen molar-refractivity contribution in [3.05, 3.63) is 33.8 Å². The van der Waals surface area contributed by atoms with Gasteiger partial charge in [-0.3, -0.25) is 9.69 Å². The Labute approximate surface area is 122 Å². The summed E-state index contributed by atoms with van der Waals surface area (Å²) in [5.74, 6) is -0.872. The minimum atomic E-state index is -0.872. The average molecular weight is 303 g/mol. The van der Waals surface area contributed by atoms with Crippen LogP contribution in [-0.2, 0) is 4.79 Å². The number of hydrogen-bond acceptors (Lipinski definition) is 3. The van der Waals surface area contributed by atoms with Crippen molar-refractivity contribution >= 4 is 29.2 Å². The zero-order valence-corrected chi connectivity index (χ0v) is 12.2. The van der Waals surface area contributed by atoms with E-state index in [1.54, 1.807) is 18.2 Å². The summed E-state index contributed by atoms with van der Waals surface area (Å²) in [6.45, 7) is 3.16. The summed E-state index contributed by atoms with van der Waals surface area (Å²) < 4.78 is 0. The van der Waals surface area contributed by atoms with Crippen molar-refractivity contribution in [2.24, 2.45) is 0 Å². The molecule has 0 aromatic heterocycles. The van der Waals surface area contributed by atoms with Gasteiger partial charge < -0.3 is 10.0 Å². The van der Waals surface area contributed by atoms with E-state index in [2.05, 4.69) is 4.90 Å². The highest BCUT2D eigenvalue weighted by atomic mass is 35.5. The number of aliphatic carboxylic acids is 1. The summed E-state index contributed by atoms with van der Waals surface area (Å²) in [6, 6.07) is 4.26. The molecule has 1 fully saturated rings. The van der Waals surface area contributed by atoms with E-state index in [4.69, 9.17) is 23.2 Å². The molecule has 1 aliphatic heterocycles. The Hall–Kier alpha value is -0.810. The first kappa shape index (κ1) is 14.6. The predicted molar refractivity (Wildman–Crippen MR) is 75.9 cm³/mol.